The zero-order chi connectivity index (χ0) is 23.7. The summed E-state index contributed by atoms with van der Waals surface area (Å²) in [5.41, 5.74) is 12.1. The van der Waals surface area contributed by atoms with Crippen molar-refractivity contribution in [3.8, 4) is 0 Å². The van der Waals surface area contributed by atoms with E-state index < -0.39 is 18.0 Å². The van der Waals surface area contributed by atoms with Gasteiger partial charge in [0.2, 0.25) is 0 Å². The number of nitrogens with two attached hydrogens (primary N) is 1. The molecule has 4 N–H and O–H groups in total. The molecule has 1 aromatic heterocycles. The van der Waals surface area contributed by atoms with Gasteiger partial charge in [-0.1, -0.05) is 79.7 Å². The molecular weight excluding hydrogens is 424 g/mol. The van der Waals surface area contributed by atoms with Crippen molar-refractivity contribution in [2.45, 2.75) is 31.8 Å². The van der Waals surface area contributed by atoms with Crippen LogP contribution >= 0.6 is 0 Å². The maximum Gasteiger partial charge on any atom is 0.339 e. The van der Waals surface area contributed by atoms with E-state index in [2.05, 4.69) is 30.1 Å². The van der Waals surface area contributed by atoms with E-state index in [1.807, 2.05) is 60.7 Å². The minimum absolute atomic E-state index is 0.0448. The highest BCUT2D eigenvalue weighted by Gasteiger charge is 2.41. The number of aryl methyl sites for hydroxylation is 1. The van der Waals surface area contributed by atoms with Crippen LogP contribution in [0.3, 0.4) is 0 Å². The summed E-state index contributed by atoms with van der Waals surface area (Å²) in [5, 5.41) is 12.4. The number of hydrogen-bond acceptors (Lipinski definition) is 4. The van der Waals surface area contributed by atoms with Crippen LogP contribution in [0.15, 0.2) is 90.2 Å². The predicted octanol–water partition coefficient (Wildman–Crippen LogP) is 5.47. The maximum atomic E-state index is 13.3. The normalized spacial score (nSPS) is 16.8. The fraction of sp³-hybridized carbons (Fsp3) is 0.207. The van der Waals surface area contributed by atoms with E-state index in [0.717, 1.165) is 39.7 Å². The summed E-state index contributed by atoms with van der Waals surface area (Å²) in [5.74, 6) is -1.06. The van der Waals surface area contributed by atoms with E-state index >= 15 is 0 Å². The number of carbonyl (C=O) groups excluding carboxylic acids is 1. The molecule has 0 spiro atoms. The summed E-state index contributed by atoms with van der Waals surface area (Å²) < 4.78 is 5.71. The monoisotopic (exact) mass is 452 g/mol. The lowest BCUT2D eigenvalue weighted by Crippen LogP contribution is -2.15. The molecule has 34 heavy (non-hydrogen) atoms. The summed E-state index contributed by atoms with van der Waals surface area (Å²) in [4.78, 5) is 16.8. The van der Waals surface area contributed by atoms with Gasteiger partial charge in [-0.3, -0.25) is 0 Å². The molecule has 2 atom stereocenters. The summed E-state index contributed by atoms with van der Waals surface area (Å²) in [6.07, 6.45) is 0.759. The Kier molecular flexibility index (Phi) is 5.95. The Labute approximate surface area is 198 Å². The fourth-order valence-corrected chi connectivity index (χ4v) is 4.92. The third-order valence-corrected chi connectivity index (χ3v) is 6.59. The van der Waals surface area contributed by atoms with Crippen LogP contribution in [0.25, 0.3) is 10.9 Å². The number of aromatic amines is 1. The first-order valence-corrected chi connectivity index (χ1v) is 11.7. The Bertz CT molecular complexity index is 1360. The number of aromatic nitrogens is 1. The van der Waals surface area contributed by atoms with Crippen LogP contribution in [0, 0.1) is 0 Å². The first kappa shape index (κ1) is 22.0. The molecule has 2 unspecified atom stereocenters. The Morgan fingerprint density at radius 1 is 1.03 bits per heavy atom. The van der Waals surface area contributed by atoms with Crippen molar-refractivity contribution < 1.29 is 14.6 Å². The van der Waals surface area contributed by atoms with Gasteiger partial charge in [0.1, 0.15) is 5.76 Å². The van der Waals surface area contributed by atoms with Crippen molar-refractivity contribution in [1.29, 1.82) is 0 Å². The fourth-order valence-electron chi connectivity index (χ4n) is 4.92. The molecule has 2 heterocycles. The van der Waals surface area contributed by atoms with Crippen molar-refractivity contribution in [2.24, 2.45) is 5.73 Å². The highest BCUT2D eigenvalue weighted by atomic mass is 16.6. The Balaban J connectivity index is 1.74. The average molecular weight is 453 g/mol. The number of cyclic esters (lactones) is 1. The molecule has 4 aromatic rings. The first-order valence-electron chi connectivity index (χ1n) is 11.7. The van der Waals surface area contributed by atoms with Gasteiger partial charge in [-0.2, -0.15) is 0 Å². The van der Waals surface area contributed by atoms with Crippen LogP contribution < -0.4 is 5.73 Å². The van der Waals surface area contributed by atoms with Gasteiger partial charge in [-0.05, 0) is 42.1 Å². The Morgan fingerprint density at radius 3 is 2.41 bits per heavy atom. The number of aliphatic hydroxyl groups excluding tert-OH is 1. The summed E-state index contributed by atoms with van der Waals surface area (Å²) in [6.45, 7) is 2.60. The number of hydrogen-bond donors (Lipinski definition) is 3. The number of esters is 1. The lowest BCUT2D eigenvalue weighted by molar-refractivity contribution is -0.140. The van der Waals surface area contributed by atoms with E-state index in [1.54, 1.807) is 0 Å². The van der Waals surface area contributed by atoms with Crippen molar-refractivity contribution in [1.82, 2.24) is 4.98 Å². The largest absolute Gasteiger partial charge is 0.507 e. The number of ether oxygens (including phenoxy) is 1. The van der Waals surface area contributed by atoms with Crippen LogP contribution in [0.1, 0.15) is 46.9 Å². The number of nitrogens with one attached hydrogen (secondary N) is 1. The summed E-state index contributed by atoms with van der Waals surface area (Å²) in [7, 11) is 0. The lowest BCUT2D eigenvalue weighted by atomic mass is 9.84. The highest BCUT2D eigenvalue weighted by Crippen LogP contribution is 2.44. The minimum atomic E-state index is -0.816. The van der Waals surface area contributed by atoms with Gasteiger partial charge in [-0.25, -0.2) is 4.79 Å². The molecule has 5 heteroatoms. The molecule has 172 valence electrons. The molecule has 0 aliphatic carbocycles. The minimum Gasteiger partial charge on any atom is -0.507 e. The molecule has 0 saturated heterocycles. The number of H-pyrrole nitrogens is 1. The number of fused-ring (bicyclic) bond motifs is 1. The summed E-state index contributed by atoms with van der Waals surface area (Å²) in [6, 6.07) is 25.5. The Hall–Kier alpha value is -3.83. The zero-order valence-electron chi connectivity index (χ0n) is 19.1. The second kappa shape index (κ2) is 9.20. The maximum absolute atomic E-state index is 13.3. The van der Waals surface area contributed by atoms with Gasteiger partial charge in [0, 0.05) is 22.2 Å². The second-order valence-electron chi connectivity index (χ2n) is 8.63. The lowest BCUT2D eigenvalue weighted by Gasteiger charge is -2.18. The molecule has 1 aliphatic heterocycles. The first-order chi connectivity index (χ1) is 16.6. The van der Waals surface area contributed by atoms with Crippen molar-refractivity contribution in [2.75, 3.05) is 6.54 Å². The average Bonchev–Trinajstić information content (AvgIpc) is 3.37. The summed E-state index contributed by atoms with van der Waals surface area (Å²) >= 11 is 0. The Morgan fingerprint density at radius 2 is 1.74 bits per heavy atom. The van der Waals surface area contributed by atoms with Gasteiger partial charge >= 0.3 is 5.97 Å². The van der Waals surface area contributed by atoms with Crippen LogP contribution in [0.2, 0.25) is 0 Å². The van der Waals surface area contributed by atoms with E-state index in [0.29, 0.717) is 13.0 Å². The van der Waals surface area contributed by atoms with E-state index in [1.165, 1.54) is 5.56 Å². The molecule has 0 fully saturated rings. The van der Waals surface area contributed by atoms with Crippen molar-refractivity contribution in [3.63, 3.8) is 0 Å². The van der Waals surface area contributed by atoms with Gasteiger partial charge in [0.15, 0.2) is 6.10 Å². The van der Waals surface area contributed by atoms with Gasteiger partial charge < -0.3 is 20.6 Å². The molecule has 5 nitrogen and oxygen atoms in total. The number of aliphatic hydroxyl groups is 1. The number of rotatable bonds is 7. The predicted molar refractivity (Wildman–Crippen MR) is 134 cm³/mol. The number of benzene rings is 3. The molecule has 0 bridgehead atoms. The molecule has 1 aliphatic rings. The van der Waals surface area contributed by atoms with Crippen molar-refractivity contribution in [3.05, 3.63) is 118 Å². The topological polar surface area (TPSA) is 88.3 Å². The SMILES string of the molecule is CCc1ccc2c(CCN)c(C(C3=C(O)C(c4ccccc4)OC3=O)c3ccccc3)[nH]c2c1. The molecule has 0 amide bonds. The molecule has 5 rings (SSSR count). The molecular formula is C29H28N2O3. The standard InChI is InChI=1S/C29H28N2O3/c1-2-18-13-14-21-22(15-16-30)26(31-23(21)17-18)24(19-9-5-3-6-10-19)25-27(32)28(34-29(25)33)20-11-7-4-8-12-20/h3-14,17,24,28,31-32H,2,15-16,30H2,1H3. The van der Waals surface area contributed by atoms with Crippen molar-refractivity contribution >= 4 is 16.9 Å². The van der Waals surface area contributed by atoms with Crippen LogP contribution in [-0.4, -0.2) is 22.6 Å². The second-order valence-corrected chi connectivity index (χ2v) is 8.63. The van der Waals surface area contributed by atoms with E-state index in [9.17, 15) is 9.90 Å². The quantitative estimate of drug-likeness (QED) is 0.324. The van der Waals surface area contributed by atoms with Crippen LogP contribution in [-0.2, 0) is 22.4 Å². The molecule has 3 aromatic carbocycles. The van der Waals surface area contributed by atoms with Gasteiger partial charge in [0.05, 0.1) is 11.5 Å². The van der Waals surface area contributed by atoms with Crippen LogP contribution in [0.5, 0.6) is 0 Å². The van der Waals surface area contributed by atoms with Crippen LogP contribution in [0.4, 0.5) is 0 Å². The third kappa shape index (κ3) is 3.78. The molecule has 0 saturated carbocycles. The van der Waals surface area contributed by atoms with E-state index in [4.69, 9.17) is 10.5 Å². The number of carbonyl (C=O) groups is 1. The smallest absolute Gasteiger partial charge is 0.339 e. The zero-order valence-corrected chi connectivity index (χ0v) is 19.1. The highest BCUT2D eigenvalue weighted by molar-refractivity contribution is 5.95. The van der Waals surface area contributed by atoms with E-state index in [-0.39, 0.29) is 11.3 Å². The molecule has 0 radical (unpaired) electrons. The van der Waals surface area contributed by atoms with Gasteiger partial charge in [-0.15, -0.1) is 0 Å². The van der Waals surface area contributed by atoms with Gasteiger partial charge in [0.25, 0.3) is 0 Å². The third-order valence-electron chi connectivity index (χ3n) is 6.59.